The highest BCUT2D eigenvalue weighted by molar-refractivity contribution is 8.16. The molecule has 0 N–H and O–H groups in total. The van der Waals surface area contributed by atoms with Gasteiger partial charge in [-0.3, -0.25) is 0 Å². The van der Waals surface area contributed by atoms with Crippen molar-refractivity contribution in [1.82, 2.24) is 0 Å². The fourth-order valence-corrected chi connectivity index (χ4v) is 0.864. The second kappa shape index (κ2) is 5.10. The van der Waals surface area contributed by atoms with Crippen LogP contribution in [0.15, 0.2) is 11.5 Å². The van der Waals surface area contributed by atoms with Crippen LogP contribution in [0.25, 0.3) is 0 Å². The standard InChI is InChI=1S/C7H14S/c1-4-5-6-7-8(2)3/h6-7H,2,4-5H2,1,3H3/b7-6+. The molecule has 0 aliphatic heterocycles. The van der Waals surface area contributed by atoms with Gasteiger partial charge in [0.15, 0.2) is 0 Å². The first-order valence-corrected chi connectivity index (χ1v) is 4.75. The van der Waals surface area contributed by atoms with Crippen molar-refractivity contribution in [3.63, 3.8) is 0 Å². The quantitative estimate of drug-likeness (QED) is 0.515. The first-order chi connectivity index (χ1) is 3.77. The summed E-state index contributed by atoms with van der Waals surface area (Å²) in [5, 5.41) is 2.17. The third-order valence-electron chi connectivity index (χ3n) is 0.784. The van der Waals surface area contributed by atoms with Crippen LogP contribution in [0, 0.1) is 0 Å². The lowest BCUT2D eigenvalue weighted by Gasteiger charge is -1.85. The van der Waals surface area contributed by atoms with E-state index in [1.54, 1.807) is 0 Å². The van der Waals surface area contributed by atoms with Gasteiger partial charge in [-0.25, -0.2) is 0 Å². The Hall–Kier alpha value is -0.0400. The summed E-state index contributed by atoms with van der Waals surface area (Å²) in [4.78, 5) is 0. The van der Waals surface area contributed by atoms with Crippen molar-refractivity contribution in [2.75, 3.05) is 6.26 Å². The maximum absolute atomic E-state index is 3.85. The zero-order valence-electron chi connectivity index (χ0n) is 5.68. The van der Waals surface area contributed by atoms with Crippen LogP contribution in [0.4, 0.5) is 0 Å². The Bertz CT molecular complexity index is 92.6. The summed E-state index contributed by atoms with van der Waals surface area (Å²) in [7, 11) is 0.252. The summed E-state index contributed by atoms with van der Waals surface area (Å²) in [5.74, 6) is 3.85. The van der Waals surface area contributed by atoms with E-state index in [2.05, 4.69) is 30.5 Å². The van der Waals surface area contributed by atoms with E-state index in [1.807, 2.05) is 0 Å². The van der Waals surface area contributed by atoms with Crippen LogP contribution in [0.5, 0.6) is 0 Å². The molecule has 0 aromatic carbocycles. The van der Waals surface area contributed by atoms with Gasteiger partial charge in [-0.15, -0.1) is 0 Å². The molecule has 8 heavy (non-hydrogen) atoms. The predicted molar refractivity (Wildman–Crippen MR) is 44.7 cm³/mol. The van der Waals surface area contributed by atoms with E-state index in [1.165, 1.54) is 12.8 Å². The lowest BCUT2D eigenvalue weighted by molar-refractivity contribution is 0.960. The zero-order valence-corrected chi connectivity index (χ0v) is 6.50. The molecule has 0 aliphatic carbocycles. The summed E-state index contributed by atoms with van der Waals surface area (Å²) in [6.07, 6.45) is 6.77. The molecule has 0 radical (unpaired) electrons. The summed E-state index contributed by atoms with van der Waals surface area (Å²) >= 11 is 0. The maximum atomic E-state index is 3.85. The average Bonchev–Trinajstić information content (AvgIpc) is 1.66. The summed E-state index contributed by atoms with van der Waals surface area (Å²) in [6, 6.07) is 0. The highest BCUT2D eigenvalue weighted by Gasteiger charge is 1.71. The van der Waals surface area contributed by atoms with Crippen molar-refractivity contribution >= 4 is 16.4 Å². The van der Waals surface area contributed by atoms with Crippen LogP contribution < -0.4 is 0 Å². The topological polar surface area (TPSA) is 0 Å². The molecule has 48 valence electrons. The van der Waals surface area contributed by atoms with Crippen molar-refractivity contribution in [1.29, 1.82) is 0 Å². The normalized spacial score (nSPS) is 14.8. The molecule has 0 saturated carbocycles. The largest absolute Gasteiger partial charge is 0.173 e. The number of allylic oxidation sites excluding steroid dienone is 1. The number of hydrogen-bond acceptors (Lipinski definition) is 0. The van der Waals surface area contributed by atoms with Crippen LogP contribution in [-0.4, -0.2) is 12.1 Å². The molecule has 0 bridgehead atoms. The third-order valence-corrected chi connectivity index (χ3v) is 1.44. The van der Waals surface area contributed by atoms with Gasteiger partial charge in [0.1, 0.15) is 0 Å². The highest BCUT2D eigenvalue weighted by atomic mass is 32.2. The molecule has 0 aliphatic rings. The van der Waals surface area contributed by atoms with Crippen molar-refractivity contribution < 1.29 is 0 Å². The Morgan fingerprint density at radius 2 is 2.25 bits per heavy atom. The molecule has 0 rings (SSSR count). The number of rotatable bonds is 3. The van der Waals surface area contributed by atoms with Gasteiger partial charge < -0.3 is 0 Å². The molecule has 0 aromatic heterocycles. The van der Waals surface area contributed by atoms with Crippen LogP contribution in [0.1, 0.15) is 19.8 Å². The third kappa shape index (κ3) is 5.96. The Balaban J connectivity index is 3.20. The molecular weight excluding hydrogens is 116 g/mol. The summed E-state index contributed by atoms with van der Waals surface area (Å²) < 4.78 is 0. The second-order valence-corrected chi connectivity index (χ2v) is 3.51. The van der Waals surface area contributed by atoms with Crippen molar-refractivity contribution in [3.05, 3.63) is 11.5 Å². The Morgan fingerprint density at radius 1 is 1.62 bits per heavy atom. The van der Waals surface area contributed by atoms with Crippen LogP contribution in [0.3, 0.4) is 0 Å². The highest BCUT2D eigenvalue weighted by Crippen LogP contribution is 2.04. The van der Waals surface area contributed by atoms with Gasteiger partial charge in [0.05, 0.1) is 0 Å². The number of hydrogen-bond donors (Lipinski definition) is 0. The van der Waals surface area contributed by atoms with E-state index < -0.39 is 0 Å². The Labute approximate surface area is 54.5 Å². The van der Waals surface area contributed by atoms with Crippen LogP contribution in [0.2, 0.25) is 0 Å². The lowest BCUT2D eigenvalue weighted by atomic mass is 10.3. The molecule has 0 aromatic rings. The van der Waals surface area contributed by atoms with E-state index in [0.29, 0.717) is 0 Å². The van der Waals surface area contributed by atoms with Gasteiger partial charge in [-0.1, -0.05) is 25.3 Å². The van der Waals surface area contributed by atoms with E-state index in [0.717, 1.165) is 0 Å². The van der Waals surface area contributed by atoms with Crippen LogP contribution >= 0.6 is 10.5 Å². The minimum atomic E-state index is 0.252. The molecule has 0 amide bonds. The van der Waals surface area contributed by atoms with Gasteiger partial charge in [-0.2, -0.15) is 10.5 Å². The molecule has 0 heterocycles. The van der Waals surface area contributed by atoms with Crippen molar-refractivity contribution in [2.24, 2.45) is 0 Å². The monoisotopic (exact) mass is 130 g/mol. The molecule has 1 atom stereocenters. The van der Waals surface area contributed by atoms with Gasteiger partial charge in [-0.05, 0) is 18.1 Å². The summed E-state index contributed by atoms with van der Waals surface area (Å²) in [5.41, 5.74) is 0. The Morgan fingerprint density at radius 3 is 2.62 bits per heavy atom. The predicted octanol–water partition coefficient (Wildman–Crippen LogP) is 2.63. The van der Waals surface area contributed by atoms with E-state index in [4.69, 9.17) is 0 Å². The fraction of sp³-hybridized carbons (Fsp3) is 0.571. The van der Waals surface area contributed by atoms with Gasteiger partial charge >= 0.3 is 0 Å². The van der Waals surface area contributed by atoms with Gasteiger partial charge in [0.25, 0.3) is 0 Å². The van der Waals surface area contributed by atoms with E-state index >= 15 is 0 Å². The smallest absolute Gasteiger partial charge is 0.0201 e. The zero-order chi connectivity index (χ0) is 6.41. The van der Waals surface area contributed by atoms with E-state index in [9.17, 15) is 0 Å². The van der Waals surface area contributed by atoms with Crippen molar-refractivity contribution in [3.8, 4) is 0 Å². The van der Waals surface area contributed by atoms with Gasteiger partial charge in [0, 0.05) is 0 Å². The SMILES string of the molecule is C=S(C)/C=C/CCC. The lowest BCUT2D eigenvalue weighted by Crippen LogP contribution is -1.59. The molecule has 0 fully saturated rings. The Kier molecular flexibility index (Phi) is 5.08. The molecular formula is C7H14S. The minimum absolute atomic E-state index is 0.252. The maximum Gasteiger partial charge on any atom is -0.0201 e. The minimum Gasteiger partial charge on any atom is -0.173 e. The van der Waals surface area contributed by atoms with Crippen molar-refractivity contribution in [2.45, 2.75) is 19.8 Å². The van der Waals surface area contributed by atoms with E-state index in [-0.39, 0.29) is 10.5 Å². The molecule has 0 spiro atoms. The first-order valence-electron chi connectivity index (χ1n) is 2.88. The summed E-state index contributed by atoms with van der Waals surface area (Å²) in [6.45, 7) is 2.18. The first kappa shape index (κ1) is 7.96. The fourth-order valence-electron chi connectivity index (χ4n) is 0.399. The number of unbranched alkanes of at least 4 members (excludes halogenated alkanes) is 1. The molecule has 1 heteroatoms. The molecule has 0 saturated heterocycles. The van der Waals surface area contributed by atoms with Crippen LogP contribution in [-0.2, 0) is 0 Å². The average molecular weight is 130 g/mol. The molecule has 0 nitrogen and oxygen atoms in total. The molecule has 1 unspecified atom stereocenters. The second-order valence-electron chi connectivity index (χ2n) is 1.85. The van der Waals surface area contributed by atoms with Gasteiger partial charge in [0.2, 0.25) is 0 Å².